The van der Waals surface area contributed by atoms with E-state index in [4.69, 9.17) is 0 Å². The smallest absolute Gasteiger partial charge is 0.357 e. The molecule has 0 aromatic heterocycles. The Morgan fingerprint density at radius 3 is 2.73 bits per heavy atom. The highest BCUT2D eigenvalue weighted by atomic mass is 16.4. The molecule has 1 amide bonds. The van der Waals surface area contributed by atoms with Crippen LogP contribution in [0.1, 0.15) is 24.5 Å². The fraction of sp³-hybridized carbons (Fsp3) is 0.208. The van der Waals surface area contributed by atoms with Crippen LogP contribution in [0.3, 0.4) is 0 Å². The van der Waals surface area contributed by atoms with Crippen molar-refractivity contribution in [3.05, 3.63) is 77.4 Å². The van der Waals surface area contributed by atoms with E-state index in [0.717, 1.165) is 36.5 Å². The monoisotopic (exact) mass is 401 g/mol. The lowest BCUT2D eigenvalue weighted by Crippen LogP contribution is -2.28. The lowest BCUT2D eigenvalue weighted by Gasteiger charge is -2.30. The maximum Gasteiger partial charge on any atom is 0.357 e. The predicted molar refractivity (Wildman–Crippen MR) is 119 cm³/mol. The number of allylic oxidation sites excluding steroid dienone is 2. The number of amides is 1. The Kier molecular flexibility index (Phi) is 5.48. The molecule has 6 heteroatoms. The number of anilines is 2. The van der Waals surface area contributed by atoms with Gasteiger partial charge in [0.05, 0.1) is 11.3 Å². The minimum atomic E-state index is -1.23. The normalized spacial score (nSPS) is 17.6. The van der Waals surface area contributed by atoms with E-state index in [1.54, 1.807) is 30.3 Å². The molecule has 0 spiro atoms. The van der Waals surface area contributed by atoms with Crippen LogP contribution in [0, 0.1) is 0 Å². The van der Waals surface area contributed by atoms with Crippen molar-refractivity contribution in [2.45, 2.75) is 19.8 Å². The third-order valence-electron chi connectivity index (χ3n) is 5.33. The van der Waals surface area contributed by atoms with Gasteiger partial charge in [0.15, 0.2) is 5.71 Å². The first kappa shape index (κ1) is 19.6. The summed E-state index contributed by atoms with van der Waals surface area (Å²) in [5.74, 6) is -1.68. The first-order chi connectivity index (χ1) is 14.6. The van der Waals surface area contributed by atoms with Gasteiger partial charge in [-0.2, -0.15) is 10.1 Å². The van der Waals surface area contributed by atoms with Gasteiger partial charge in [-0.1, -0.05) is 36.4 Å². The molecule has 0 bridgehead atoms. The molecule has 2 aliphatic heterocycles. The van der Waals surface area contributed by atoms with Gasteiger partial charge in [0.25, 0.3) is 5.91 Å². The molecule has 0 unspecified atom stereocenters. The van der Waals surface area contributed by atoms with Gasteiger partial charge >= 0.3 is 5.97 Å². The van der Waals surface area contributed by atoms with Gasteiger partial charge in [-0.25, -0.2) is 4.79 Å². The van der Waals surface area contributed by atoms with E-state index in [2.05, 4.69) is 29.1 Å². The standard InChI is InChI=1S/C24H23N3O3/c1-2-26-15-7-9-18-16-17(13-14-21(18)26)8-6-12-20-22(24(29)30)25-27(23(20)28)19-10-4-3-5-11-19/h3-6,8,10-14,16H,2,7,9,15H2,1H3,(H,29,30)/b8-6+,20-12-. The van der Waals surface area contributed by atoms with Crippen LogP contribution in [0.25, 0.3) is 6.08 Å². The number of aryl methyl sites for hydroxylation is 1. The fourth-order valence-corrected chi connectivity index (χ4v) is 3.85. The summed E-state index contributed by atoms with van der Waals surface area (Å²) >= 11 is 0. The molecule has 30 heavy (non-hydrogen) atoms. The van der Waals surface area contributed by atoms with Crippen molar-refractivity contribution >= 4 is 35.0 Å². The summed E-state index contributed by atoms with van der Waals surface area (Å²) in [4.78, 5) is 26.7. The predicted octanol–water partition coefficient (Wildman–Crippen LogP) is 3.89. The number of hydrogen-bond acceptors (Lipinski definition) is 4. The number of para-hydroxylation sites is 1. The van der Waals surface area contributed by atoms with Crippen LogP contribution in [0.5, 0.6) is 0 Å². The van der Waals surface area contributed by atoms with Crippen LogP contribution in [0.4, 0.5) is 11.4 Å². The van der Waals surface area contributed by atoms with Gasteiger partial charge < -0.3 is 10.0 Å². The Hall–Kier alpha value is -3.67. The molecule has 2 aromatic carbocycles. The van der Waals surface area contributed by atoms with Crippen molar-refractivity contribution in [1.29, 1.82) is 0 Å². The minimum Gasteiger partial charge on any atom is -0.476 e. The molecule has 0 atom stereocenters. The molecule has 0 radical (unpaired) electrons. The second-order valence-electron chi connectivity index (χ2n) is 7.22. The average molecular weight is 401 g/mol. The van der Waals surface area contributed by atoms with Crippen LogP contribution < -0.4 is 9.91 Å². The Bertz CT molecular complexity index is 1070. The largest absolute Gasteiger partial charge is 0.476 e. The van der Waals surface area contributed by atoms with E-state index in [-0.39, 0.29) is 11.3 Å². The molecule has 0 fully saturated rings. The summed E-state index contributed by atoms with van der Waals surface area (Å²) in [6, 6.07) is 15.1. The van der Waals surface area contributed by atoms with Gasteiger partial charge in [0.1, 0.15) is 0 Å². The third-order valence-corrected chi connectivity index (χ3v) is 5.33. The molecule has 0 saturated carbocycles. The second kappa shape index (κ2) is 8.37. The molecule has 0 aliphatic carbocycles. The lowest BCUT2D eigenvalue weighted by molar-refractivity contribution is -0.129. The van der Waals surface area contributed by atoms with Crippen LogP contribution in [-0.4, -0.2) is 35.8 Å². The number of rotatable bonds is 5. The van der Waals surface area contributed by atoms with Crippen molar-refractivity contribution in [2.24, 2.45) is 5.10 Å². The number of aliphatic carboxylic acids is 1. The number of hydrazone groups is 1. The zero-order valence-electron chi connectivity index (χ0n) is 16.8. The SMILES string of the molecule is CCN1CCCc2cc(/C=C/C=C3\C(=O)N(c4ccccc4)N=C3C(=O)O)ccc21. The van der Waals surface area contributed by atoms with Crippen molar-refractivity contribution in [3.63, 3.8) is 0 Å². The lowest BCUT2D eigenvalue weighted by atomic mass is 9.99. The quantitative estimate of drug-likeness (QED) is 0.772. The minimum absolute atomic E-state index is 0.0673. The Morgan fingerprint density at radius 1 is 1.20 bits per heavy atom. The van der Waals surface area contributed by atoms with E-state index in [0.29, 0.717) is 5.69 Å². The Labute approximate surface area is 175 Å². The highest BCUT2D eigenvalue weighted by Gasteiger charge is 2.34. The van der Waals surface area contributed by atoms with Gasteiger partial charge in [-0.05, 0) is 61.2 Å². The van der Waals surface area contributed by atoms with Crippen LogP contribution in [0.15, 0.2) is 71.4 Å². The van der Waals surface area contributed by atoms with Crippen LogP contribution in [-0.2, 0) is 16.0 Å². The zero-order chi connectivity index (χ0) is 21.1. The summed E-state index contributed by atoms with van der Waals surface area (Å²) in [7, 11) is 0. The maximum atomic E-state index is 12.8. The molecular weight excluding hydrogens is 378 g/mol. The molecule has 1 N–H and O–H groups in total. The Morgan fingerprint density at radius 2 is 2.00 bits per heavy atom. The number of benzene rings is 2. The summed E-state index contributed by atoms with van der Waals surface area (Å²) in [5, 5.41) is 14.6. The van der Waals surface area contributed by atoms with Gasteiger partial charge in [0, 0.05) is 18.8 Å². The van der Waals surface area contributed by atoms with Gasteiger partial charge in [-0.3, -0.25) is 4.79 Å². The molecular formula is C24H23N3O3. The number of carboxylic acids is 1. The fourth-order valence-electron chi connectivity index (χ4n) is 3.85. The summed E-state index contributed by atoms with van der Waals surface area (Å²) in [6.45, 7) is 4.24. The zero-order valence-corrected chi connectivity index (χ0v) is 16.8. The summed E-state index contributed by atoms with van der Waals surface area (Å²) in [5.41, 5.74) is 3.96. The number of carboxylic acid groups (broad SMARTS) is 1. The van der Waals surface area contributed by atoms with Crippen LogP contribution in [0.2, 0.25) is 0 Å². The number of carbonyl (C=O) groups is 2. The maximum absolute atomic E-state index is 12.8. The first-order valence-electron chi connectivity index (χ1n) is 10.1. The van der Waals surface area contributed by atoms with Crippen molar-refractivity contribution < 1.29 is 14.7 Å². The molecule has 4 rings (SSSR count). The average Bonchev–Trinajstić information content (AvgIpc) is 3.10. The first-order valence-corrected chi connectivity index (χ1v) is 10.1. The summed E-state index contributed by atoms with van der Waals surface area (Å²) in [6.07, 6.45) is 7.31. The van der Waals surface area contributed by atoms with Crippen LogP contribution >= 0.6 is 0 Å². The third kappa shape index (κ3) is 3.76. The number of nitrogens with zero attached hydrogens (tertiary/aromatic N) is 3. The molecule has 2 aliphatic rings. The topological polar surface area (TPSA) is 73.2 Å². The number of carbonyl (C=O) groups excluding carboxylic acids is 1. The van der Waals surface area contributed by atoms with E-state index in [9.17, 15) is 14.7 Å². The molecule has 6 nitrogen and oxygen atoms in total. The second-order valence-corrected chi connectivity index (χ2v) is 7.22. The molecule has 152 valence electrons. The number of hydrogen-bond donors (Lipinski definition) is 1. The Balaban J connectivity index is 1.58. The van der Waals surface area contributed by atoms with E-state index >= 15 is 0 Å². The number of fused-ring (bicyclic) bond motifs is 1. The van der Waals surface area contributed by atoms with Gasteiger partial charge in [-0.15, -0.1) is 0 Å². The van der Waals surface area contributed by atoms with Crippen molar-refractivity contribution in [1.82, 2.24) is 0 Å². The van der Waals surface area contributed by atoms with Crippen molar-refractivity contribution in [2.75, 3.05) is 23.0 Å². The van der Waals surface area contributed by atoms with E-state index in [1.807, 2.05) is 18.2 Å². The molecule has 2 heterocycles. The van der Waals surface area contributed by atoms with Crippen molar-refractivity contribution in [3.8, 4) is 0 Å². The highest BCUT2D eigenvalue weighted by Crippen LogP contribution is 2.28. The van der Waals surface area contributed by atoms with E-state index in [1.165, 1.54) is 17.3 Å². The highest BCUT2D eigenvalue weighted by molar-refractivity contribution is 6.52. The molecule has 2 aromatic rings. The molecule has 0 saturated heterocycles. The van der Waals surface area contributed by atoms with Gasteiger partial charge in [0.2, 0.25) is 0 Å². The van der Waals surface area contributed by atoms with E-state index < -0.39 is 11.9 Å². The summed E-state index contributed by atoms with van der Waals surface area (Å²) < 4.78 is 0.